The van der Waals surface area contributed by atoms with Gasteiger partial charge in [0.1, 0.15) is 17.3 Å². The molecule has 0 saturated carbocycles. The second-order valence-corrected chi connectivity index (χ2v) is 8.33. The molecule has 0 aromatic carbocycles. The lowest BCUT2D eigenvalue weighted by atomic mass is 10.2. The minimum atomic E-state index is -2.99. The summed E-state index contributed by atoms with van der Waals surface area (Å²) in [7, 11) is -1.37. The second-order valence-electron chi connectivity index (χ2n) is 6.10. The first-order valence-corrected chi connectivity index (χ1v) is 10.3. The first-order chi connectivity index (χ1) is 11.9. The Morgan fingerprint density at radius 2 is 2.20 bits per heavy atom. The molecule has 1 N–H and O–H groups in total. The van der Waals surface area contributed by atoms with E-state index in [9.17, 15) is 13.2 Å². The van der Waals surface area contributed by atoms with Crippen LogP contribution in [0.2, 0.25) is 0 Å². The molecule has 1 amide bonds. The summed E-state index contributed by atoms with van der Waals surface area (Å²) in [5, 5.41) is 2.80. The van der Waals surface area contributed by atoms with Gasteiger partial charge in [-0.15, -0.1) is 0 Å². The fourth-order valence-corrected chi connectivity index (χ4v) is 4.68. The van der Waals surface area contributed by atoms with Gasteiger partial charge >= 0.3 is 0 Å². The predicted octanol–water partition coefficient (Wildman–Crippen LogP) is 0.565. The average molecular weight is 370 g/mol. The van der Waals surface area contributed by atoms with E-state index in [1.165, 1.54) is 0 Å². The van der Waals surface area contributed by atoms with Crippen molar-refractivity contribution in [1.82, 2.24) is 15.3 Å². The molecule has 25 heavy (non-hydrogen) atoms. The van der Waals surface area contributed by atoms with E-state index in [0.29, 0.717) is 43.5 Å². The van der Waals surface area contributed by atoms with Gasteiger partial charge in [0.2, 0.25) is 0 Å². The van der Waals surface area contributed by atoms with Gasteiger partial charge in [0, 0.05) is 38.9 Å². The highest BCUT2D eigenvalue weighted by Gasteiger charge is 2.32. The third-order valence-corrected chi connectivity index (χ3v) is 5.90. The van der Waals surface area contributed by atoms with Gasteiger partial charge < -0.3 is 15.0 Å². The SMILES string of the molecule is CCN(c1cc(C(=O)NCCCOC)nc(C)n1)C1CCS(=O)(=O)C1. The van der Waals surface area contributed by atoms with E-state index in [1.807, 2.05) is 11.8 Å². The molecular formula is C16H26N4O4S. The highest BCUT2D eigenvalue weighted by molar-refractivity contribution is 7.91. The van der Waals surface area contributed by atoms with E-state index >= 15 is 0 Å². The van der Waals surface area contributed by atoms with Gasteiger partial charge in [-0.05, 0) is 26.7 Å². The van der Waals surface area contributed by atoms with Crippen molar-refractivity contribution in [2.75, 3.05) is 43.2 Å². The van der Waals surface area contributed by atoms with Crippen LogP contribution < -0.4 is 10.2 Å². The van der Waals surface area contributed by atoms with Gasteiger partial charge in [-0.2, -0.15) is 0 Å². The van der Waals surface area contributed by atoms with Crippen LogP contribution >= 0.6 is 0 Å². The third-order valence-electron chi connectivity index (χ3n) is 4.15. The van der Waals surface area contributed by atoms with Crippen LogP contribution in [0.1, 0.15) is 36.1 Å². The maximum Gasteiger partial charge on any atom is 0.270 e. The number of aryl methyl sites for hydroxylation is 1. The summed E-state index contributed by atoms with van der Waals surface area (Å²) in [5.74, 6) is 1.14. The molecule has 1 saturated heterocycles. The smallest absolute Gasteiger partial charge is 0.270 e. The van der Waals surface area contributed by atoms with Crippen molar-refractivity contribution in [3.63, 3.8) is 0 Å². The Labute approximate surface area is 148 Å². The van der Waals surface area contributed by atoms with E-state index in [4.69, 9.17) is 4.74 Å². The molecule has 9 heteroatoms. The van der Waals surface area contributed by atoms with Crippen LogP contribution in [-0.2, 0) is 14.6 Å². The number of amides is 1. The molecule has 140 valence electrons. The summed E-state index contributed by atoms with van der Waals surface area (Å²) in [6.07, 6.45) is 1.30. The Bertz CT molecular complexity index is 708. The zero-order valence-corrected chi connectivity index (χ0v) is 15.8. The van der Waals surface area contributed by atoms with Crippen LogP contribution in [-0.4, -0.2) is 68.6 Å². The largest absolute Gasteiger partial charge is 0.385 e. The number of hydrogen-bond acceptors (Lipinski definition) is 7. The van der Waals surface area contributed by atoms with Crippen molar-refractivity contribution >= 4 is 21.6 Å². The summed E-state index contributed by atoms with van der Waals surface area (Å²) in [6, 6.07) is 1.52. The lowest BCUT2D eigenvalue weighted by molar-refractivity contribution is 0.0943. The first-order valence-electron chi connectivity index (χ1n) is 8.46. The van der Waals surface area contributed by atoms with Crippen molar-refractivity contribution in [3.05, 3.63) is 17.6 Å². The molecule has 8 nitrogen and oxygen atoms in total. The highest BCUT2D eigenvalue weighted by atomic mass is 32.2. The van der Waals surface area contributed by atoms with Gasteiger partial charge in [-0.1, -0.05) is 0 Å². The molecule has 2 rings (SSSR count). The lowest BCUT2D eigenvalue weighted by Gasteiger charge is -2.28. The number of ether oxygens (including phenoxy) is 1. The topological polar surface area (TPSA) is 101 Å². The van der Waals surface area contributed by atoms with Crippen molar-refractivity contribution < 1.29 is 17.9 Å². The third kappa shape index (κ3) is 5.37. The Morgan fingerprint density at radius 3 is 2.80 bits per heavy atom. The van der Waals surface area contributed by atoms with Crippen molar-refractivity contribution in [1.29, 1.82) is 0 Å². The molecule has 0 spiro atoms. The zero-order chi connectivity index (χ0) is 18.4. The molecule has 1 unspecified atom stereocenters. The zero-order valence-electron chi connectivity index (χ0n) is 15.0. The van der Waals surface area contributed by atoms with Gasteiger partial charge in [0.05, 0.1) is 11.5 Å². The molecule has 1 atom stereocenters. The molecular weight excluding hydrogens is 344 g/mol. The number of hydrogen-bond donors (Lipinski definition) is 1. The fourth-order valence-electron chi connectivity index (χ4n) is 2.95. The van der Waals surface area contributed by atoms with E-state index < -0.39 is 9.84 Å². The van der Waals surface area contributed by atoms with Gasteiger partial charge in [0.15, 0.2) is 9.84 Å². The van der Waals surface area contributed by atoms with Crippen LogP contribution in [0.25, 0.3) is 0 Å². The molecule has 2 heterocycles. The molecule has 1 fully saturated rings. The van der Waals surface area contributed by atoms with E-state index in [2.05, 4.69) is 15.3 Å². The summed E-state index contributed by atoms with van der Waals surface area (Å²) < 4.78 is 28.5. The van der Waals surface area contributed by atoms with Crippen molar-refractivity contribution in [3.8, 4) is 0 Å². The number of sulfone groups is 1. The predicted molar refractivity (Wildman–Crippen MR) is 95.7 cm³/mol. The number of anilines is 1. The Balaban J connectivity index is 2.15. The number of aromatic nitrogens is 2. The van der Waals surface area contributed by atoms with Crippen LogP contribution in [0, 0.1) is 6.92 Å². The number of nitrogens with zero attached hydrogens (tertiary/aromatic N) is 3. The van der Waals surface area contributed by atoms with Crippen LogP contribution in [0.4, 0.5) is 5.82 Å². The van der Waals surface area contributed by atoms with E-state index in [1.54, 1.807) is 20.1 Å². The molecule has 1 aliphatic rings. The molecule has 1 aromatic rings. The van der Waals surface area contributed by atoms with E-state index in [0.717, 1.165) is 6.42 Å². The highest BCUT2D eigenvalue weighted by Crippen LogP contribution is 2.23. The summed E-state index contributed by atoms with van der Waals surface area (Å²) in [4.78, 5) is 22.9. The fraction of sp³-hybridized carbons (Fsp3) is 0.688. The molecule has 0 aliphatic carbocycles. The maximum absolute atomic E-state index is 12.3. The van der Waals surface area contributed by atoms with Crippen LogP contribution in [0.5, 0.6) is 0 Å². The van der Waals surface area contributed by atoms with Gasteiger partial charge in [-0.25, -0.2) is 18.4 Å². The van der Waals surface area contributed by atoms with Gasteiger partial charge in [0.25, 0.3) is 5.91 Å². The summed E-state index contributed by atoms with van der Waals surface area (Å²) in [6.45, 7) is 5.38. The average Bonchev–Trinajstić information content (AvgIpc) is 2.91. The Kier molecular flexibility index (Phi) is 6.71. The Morgan fingerprint density at radius 1 is 1.44 bits per heavy atom. The number of nitrogens with one attached hydrogen (secondary N) is 1. The molecule has 1 aliphatic heterocycles. The monoisotopic (exact) mass is 370 g/mol. The molecule has 0 bridgehead atoms. The summed E-state index contributed by atoms with van der Waals surface area (Å²) in [5.41, 5.74) is 0.291. The minimum absolute atomic E-state index is 0.109. The maximum atomic E-state index is 12.3. The molecule has 1 aromatic heterocycles. The standard InChI is InChI=1S/C16H26N4O4S/c1-4-20(13-6-9-25(22,23)11-13)15-10-14(18-12(2)19-15)16(21)17-7-5-8-24-3/h10,13H,4-9,11H2,1-3H3,(H,17,21). The van der Waals surface area contributed by atoms with Crippen LogP contribution in [0.15, 0.2) is 6.07 Å². The Hall–Kier alpha value is -1.74. The lowest BCUT2D eigenvalue weighted by Crippen LogP contribution is -2.37. The van der Waals surface area contributed by atoms with Crippen molar-refractivity contribution in [2.24, 2.45) is 0 Å². The number of methoxy groups -OCH3 is 1. The quantitative estimate of drug-likeness (QED) is 0.667. The number of carbonyl (C=O) groups is 1. The first kappa shape index (κ1) is 19.6. The molecule has 0 radical (unpaired) electrons. The second kappa shape index (κ2) is 8.57. The van der Waals surface area contributed by atoms with Crippen LogP contribution in [0.3, 0.4) is 0 Å². The number of rotatable bonds is 8. The summed E-state index contributed by atoms with van der Waals surface area (Å²) >= 11 is 0. The van der Waals surface area contributed by atoms with Crippen molar-refractivity contribution in [2.45, 2.75) is 32.7 Å². The number of carbonyl (C=O) groups excluding carboxylic acids is 1. The van der Waals surface area contributed by atoms with E-state index in [-0.39, 0.29) is 23.5 Å². The normalized spacial score (nSPS) is 18.9. The van der Waals surface area contributed by atoms with Gasteiger partial charge in [-0.3, -0.25) is 4.79 Å². The minimum Gasteiger partial charge on any atom is -0.385 e.